The lowest BCUT2D eigenvalue weighted by molar-refractivity contribution is -0.128. The Morgan fingerprint density at radius 3 is 2.71 bits per heavy atom. The molecule has 0 saturated carbocycles. The predicted molar refractivity (Wildman–Crippen MR) is 109 cm³/mol. The van der Waals surface area contributed by atoms with Crippen LogP contribution in [0.4, 0.5) is 0 Å². The number of carbonyl (C=O) groups excluding carboxylic acids is 1. The van der Waals surface area contributed by atoms with Crippen LogP contribution < -0.4 is 4.74 Å². The molecule has 2 aromatic carbocycles. The molecule has 4 rings (SSSR count). The minimum absolute atomic E-state index is 0.108. The SMILES string of the molecule is CCOc1ccccc1Cn1cc([C@H]2SCC(=O)N2Cc2ccccc2)nn1. The molecule has 1 amide bonds. The van der Waals surface area contributed by atoms with Crippen LogP contribution in [0.2, 0.25) is 0 Å². The number of para-hydroxylation sites is 1. The van der Waals surface area contributed by atoms with E-state index in [1.807, 2.05) is 72.6 Å². The monoisotopic (exact) mass is 394 g/mol. The van der Waals surface area contributed by atoms with Crippen molar-refractivity contribution in [3.8, 4) is 5.75 Å². The van der Waals surface area contributed by atoms with Gasteiger partial charge in [0, 0.05) is 12.1 Å². The number of hydrogen-bond donors (Lipinski definition) is 0. The number of aromatic nitrogens is 3. The predicted octanol–water partition coefficient (Wildman–Crippen LogP) is 3.50. The maximum atomic E-state index is 12.4. The molecule has 0 radical (unpaired) electrons. The zero-order chi connectivity index (χ0) is 19.3. The van der Waals surface area contributed by atoms with Crippen molar-refractivity contribution in [2.75, 3.05) is 12.4 Å². The van der Waals surface area contributed by atoms with Crippen molar-refractivity contribution < 1.29 is 9.53 Å². The zero-order valence-corrected chi connectivity index (χ0v) is 16.5. The van der Waals surface area contributed by atoms with E-state index in [0.717, 1.165) is 22.6 Å². The average molecular weight is 395 g/mol. The Labute approximate surface area is 168 Å². The van der Waals surface area contributed by atoms with Crippen LogP contribution in [0.15, 0.2) is 60.8 Å². The molecular weight excluding hydrogens is 372 g/mol. The number of carbonyl (C=O) groups is 1. The molecule has 1 aromatic heterocycles. The van der Waals surface area contributed by atoms with E-state index in [-0.39, 0.29) is 11.3 Å². The van der Waals surface area contributed by atoms with E-state index in [4.69, 9.17) is 4.74 Å². The Hall–Kier alpha value is -2.80. The van der Waals surface area contributed by atoms with Gasteiger partial charge in [-0.1, -0.05) is 53.7 Å². The van der Waals surface area contributed by atoms with Crippen LogP contribution in [0.25, 0.3) is 0 Å². The van der Waals surface area contributed by atoms with E-state index in [1.165, 1.54) is 0 Å². The number of rotatable bonds is 7. The highest BCUT2D eigenvalue weighted by molar-refractivity contribution is 8.00. The second-order valence-corrected chi connectivity index (χ2v) is 7.62. The molecule has 144 valence electrons. The summed E-state index contributed by atoms with van der Waals surface area (Å²) >= 11 is 1.60. The summed E-state index contributed by atoms with van der Waals surface area (Å²) in [4.78, 5) is 14.3. The van der Waals surface area contributed by atoms with Crippen molar-refractivity contribution in [2.24, 2.45) is 0 Å². The highest BCUT2D eigenvalue weighted by Gasteiger charge is 2.34. The van der Waals surface area contributed by atoms with E-state index < -0.39 is 0 Å². The summed E-state index contributed by atoms with van der Waals surface area (Å²) < 4.78 is 7.50. The topological polar surface area (TPSA) is 60.2 Å². The molecule has 1 fully saturated rings. The molecular formula is C21H22N4O2S. The van der Waals surface area contributed by atoms with Crippen molar-refractivity contribution in [1.82, 2.24) is 19.9 Å². The van der Waals surface area contributed by atoms with Crippen molar-refractivity contribution >= 4 is 17.7 Å². The first-order valence-corrected chi connectivity index (χ1v) is 10.3. The molecule has 1 aliphatic rings. The molecule has 1 aliphatic heterocycles. The fourth-order valence-electron chi connectivity index (χ4n) is 3.26. The third-order valence-electron chi connectivity index (χ3n) is 4.58. The summed E-state index contributed by atoms with van der Waals surface area (Å²) in [5, 5.41) is 8.53. The number of nitrogens with zero attached hydrogens (tertiary/aromatic N) is 4. The molecule has 0 aliphatic carbocycles. The molecule has 1 atom stereocenters. The molecule has 0 bridgehead atoms. The standard InChI is InChI=1S/C21H22N4O2S/c1-2-27-19-11-7-6-10-17(19)13-24-14-18(22-23-24)21-25(20(26)15-28-21)12-16-8-4-3-5-9-16/h3-11,14,21H,2,12-13,15H2,1H3/t21-/m1/s1. The number of ether oxygens (including phenoxy) is 1. The van der Waals surface area contributed by atoms with Crippen LogP contribution in [-0.4, -0.2) is 38.2 Å². The number of thioether (sulfide) groups is 1. The minimum Gasteiger partial charge on any atom is -0.494 e. The van der Waals surface area contributed by atoms with Crippen LogP contribution in [0.1, 0.15) is 29.1 Å². The lowest BCUT2D eigenvalue weighted by Crippen LogP contribution is -2.27. The van der Waals surface area contributed by atoms with Crippen molar-refractivity contribution in [3.05, 3.63) is 77.6 Å². The molecule has 0 spiro atoms. The van der Waals surface area contributed by atoms with Crippen LogP contribution in [0.3, 0.4) is 0 Å². The number of hydrogen-bond acceptors (Lipinski definition) is 5. The third kappa shape index (κ3) is 4.04. The first kappa shape index (κ1) is 18.6. The van der Waals surface area contributed by atoms with Gasteiger partial charge >= 0.3 is 0 Å². The summed E-state index contributed by atoms with van der Waals surface area (Å²) in [5.74, 6) is 1.46. The maximum Gasteiger partial charge on any atom is 0.234 e. The Balaban J connectivity index is 1.51. The van der Waals surface area contributed by atoms with Crippen LogP contribution >= 0.6 is 11.8 Å². The van der Waals surface area contributed by atoms with E-state index in [0.29, 0.717) is 25.4 Å². The van der Waals surface area contributed by atoms with Crippen molar-refractivity contribution in [2.45, 2.75) is 25.4 Å². The molecule has 28 heavy (non-hydrogen) atoms. The fourth-order valence-corrected chi connectivity index (χ4v) is 4.38. The van der Waals surface area contributed by atoms with Gasteiger partial charge in [-0.3, -0.25) is 4.79 Å². The second kappa shape index (κ2) is 8.48. The highest BCUT2D eigenvalue weighted by atomic mass is 32.2. The zero-order valence-electron chi connectivity index (χ0n) is 15.7. The lowest BCUT2D eigenvalue weighted by atomic mass is 10.2. The first-order chi connectivity index (χ1) is 13.7. The van der Waals surface area contributed by atoms with Crippen LogP contribution in [0, 0.1) is 0 Å². The number of benzene rings is 2. The van der Waals surface area contributed by atoms with Gasteiger partial charge in [-0.2, -0.15) is 0 Å². The van der Waals surface area contributed by atoms with E-state index in [2.05, 4.69) is 10.3 Å². The summed E-state index contributed by atoms with van der Waals surface area (Å²) in [5.41, 5.74) is 2.97. The summed E-state index contributed by atoms with van der Waals surface area (Å²) in [6.07, 6.45) is 1.93. The molecule has 2 heterocycles. The Morgan fingerprint density at radius 1 is 1.11 bits per heavy atom. The maximum absolute atomic E-state index is 12.4. The van der Waals surface area contributed by atoms with Gasteiger partial charge in [-0.15, -0.1) is 16.9 Å². The van der Waals surface area contributed by atoms with E-state index >= 15 is 0 Å². The Bertz CT molecular complexity index is 944. The Morgan fingerprint density at radius 2 is 1.89 bits per heavy atom. The van der Waals surface area contributed by atoms with Crippen LogP contribution in [0.5, 0.6) is 5.75 Å². The second-order valence-electron chi connectivity index (χ2n) is 6.55. The van der Waals surface area contributed by atoms with Crippen molar-refractivity contribution in [3.63, 3.8) is 0 Å². The molecule has 0 N–H and O–H groups in total. The van der Waals surface area contributed by atoms with Gasteiger partial charge in [0.2, 0.25) is 5.91 Å². The molecule has 3 aromatic rings. The quantitative estimate of drug-likeness (QED) is 0.614. The third-order valence-corrected chi connectivity index (χ3v) is 5.80. The molecule has 6 nitrogen and oxygen atoms in total. The Kier molecular flexibility index (Phi) is 5.62. The van der Waals surface area contributed by atoms with E-state index in [9.17, 15) is 4.79 Å². The van der Waals surface area contributed by atoms with Gasteiger partial charge < -0.3 is 9.64 Å². The largest absolute Gasteiger partial charge is 0.494 e. The highest BCUT2D eigenvalue weighted by Crippen LogP contribution is 2.38. The van der Waals surface area contributed by atoms with Gasteiger partial charge in [0.25, 0.3) is 0 Å². The fraction of sp³-hybridized carbons (Fsp3) is 0.286. The lowest BCUT2D eigenvalue weighted by Gasteiger charge is -2.22. The summed E-state index contributed by atoms with van der Waals surface area (Å²) in [6, 6.07) is 18.0. The molecule has 7 heteroatoms. The summed E-state index contributed by atoms with van der Waals surface area (Å²) in [6.45, 7) is 3.75. The normalized spacial score (nSPS) is 16.5. The van der Waals surface area contributed by atoms with Gasteiger partial charge in [0.05, 0.1) is 25.1 Å². The first-order valence-electron chi connectivity index (χ1n) is 9.30. The minimum atomic E-state index is -0.108. The van der Waals surface area contributed by atoms with Gasteiger partial charge in [-0.25, -0.2) is 4.68 Å². The smallest absolute Gasteiger partial charge is 0.234 e. The molecule has 1 saturated heterocycles. The van der Waals surface area contributed by atoms with Crippen LogP contribution in [-0.2, 0) is 17.9 Å². The molecule has 0 unspecified atom stereocenters. The number of amides is 1. The summed E-state index contributed by atoms with van der Waals surface area (Å²) in [7, 11) is 0. The average Bonchev–Trinajstić information content (AvgIpc) is 3.31. The van der Waals surface area contributed by atoms with Crippen molar-refractivity contribution in [1.29, 1.82) is 0 Å². The van der Waals surface area contributed by atoms with Gasteiger partial charge in [-0.05, 0) is 18.6 Å². The van der Waals surface area contributed by atoms with Gasteiger partial charge in [0.15, 0.2) is 0 Å². The van der Waals surface area contributed by atoms with Gasteiger partial charge in [0.1, 0.15) is 16.8 Å². The van der Waals surface area contributed by atoms with E-state index in [1.54, 1.807) is 16.4 Å².